The van der Waals surface area contributed by atoms with E-state index < -0.39 is 26.6 Å². The predicted molar refractivity (Wildman–Crippen MR) is 84.9 cm³/mol. The third kappa shape index (κ3) is 3.23. The molecule has 0 amide bonds. The second-order valence-corrected chi connectivity index (χ2v) is 7.67. The van der Waals surface area contributed by atoms with Crippen molar-refractivity contribution in [3.05, 3.63) is 58.8 Å². The van der Waals surface area contributed by atoms with Gasteiger partial charge < -0.3 is 4.42 Å². The number of sulfonamides is 1. The molecule has 0 saturated heterocycles. The van der Waals surface area contributed by atoms with E-state index in [9.17, 15) is 17.2 Å². The Kier molecular flexibility index (Phi) is 4.48. The van der Waals surface area contributed by atoms with Gasteiger partial charge in [0.15, 0.2) is 15.7 Å². The van der Waals surface area contributed by atoms with Gasteiger partial charge in [-0.3, -0.25) is 0 Å². The van der Waals surface area contributed by atoms with Crippen molar-refractivity contribution in [3.8, 4) is 10.8 Å². The van der Waals surface area contributed by atoms with Gasteiger partial charge in [-0.1, -0.05) is 6.07 Å². The van der Waals surface area contributed by atoms with Crippen molar-refractivity contribution in [1.82, 2.24) is 9.71 Å². The summed E-state index contributed by atoms with van der Waals surface area (Å²) in [5.74, 6) is -1.71. The molecule has 0 unspecified atom stereocenters. The number of hydrogen-bond acceptors (Lipinski definition) is 5. The van der Waals surface area contributed by atoms with Crippen LogP contribution in [0.2, 0.25) is 0 Å². The maximum atomic E-state index is 13.7. The average Bonchev–Trinajstić information content (AvgIpc) is 3.14. The summed E-state index contributed by atoms with van der Waals surface area (Å²) in [6.45, 7) is 1.59. The van der Waals surface area contributed by atoms with E-state index in [0.29, 0.717) is 21.3 Å². The van der Waals surface area contributed by atoms with Crippen LogP contribution in [0, 0.1) is 18.6 Å². The van der Waals surface area contributed by atoms with E-state index >= 15 is 0 Å². The first kappa shape index (κ1) is 16.7. The number of thiazole rings is 1. The molecule has 126 valence electrons. The second kappa shape index (κ2) is 6.42. The van der Waals surface area contributed by atoms with Gasteiger partial charge in [0.05, 0.1) is 12.0 Å². The fraction of sp³-hybridized carbons (Fsp3) is 0.133. The molecule has 1 aromatic carbocycles. The van der Waals surface area contributed by atoms with E-state index in [1.165, 1.54) is 17.6 Å². The Morgan fingerprint density at radius 3 is 2.54 bits per heavy atom. The highest BCUT2D eigenvalue weighted by molar-refractivity contribution is 7.89. The minimum absolute atomic E-state index is 0.125. The van der Waals surface area contributed by atoms with Crippen LogP contribution in [-0.2, 0) is 16.6 Å². The molecule has 0 aliphatic heterocycles. The first-order valence-corrected chi connectivity index (χ1v) is 9.12. The lowest BCUT2D eigenvalue weighted by atomic mass is 10.3. The molecule has 0 radical (unpaired) electrons. The third-order valence-corrected chi connectivity index (χ3v) is 5.86. The SMILES string of the molecule is Cc1nc(-c2ccco2)sc1CNS(=O)(=O)c1c(F)cccc1F. The van der Waals surface area contributed by atoms with Crippen LogP contribution in [0.15, 0.2) is 45.9 Å². The quantitative estimate of drug-likeness (QED) is 0.746. The van der Waals surface area contributed by atoms with Gasteiger partial charge in [-0.05, 0) is 31.2 Å². The zero-order chi connectivity index (χ0) is 17.3. The van der Waals surface area contributed by atoms with Crippen molar-refractivity contribution in [2.24, 2.45) is 0 Å². The van der Waals surface area contributed by atoms with E-state index in [1.54, 1.807) is 19.1 Å². The fourth-order valence-electron chi connectivity index (χ4n) is 2.07. The Morgan fingerprint density at radius 2 is 1.92 bits per heavy atom. The summed E-state index contributed by atoms with van der Waals surface area (Å²) in [5, 5.41) is 0.601. The van der Waals surface area contributed by atoms with Crippen molar-refractivity contribution < 1.29 is 21.6 Å². The highest BCUT2D eigenvalue weighted by Crippen LogP contribution is 2.28. The van der Waals surface area contributed by atoms with Crippen molar-refractivity contribution >= 4 is 21.4 Å². The van der Waals surface area contributed by atoms with Crippen LogP contribution < -0.4 is 4.72 Å². The number of nitrogens with one attached hydrogen (secondary N) is 1. The first-order chi connectivity index (χ1) is 11.4. The van der Waals surface area contributed by atoms with Gasteiger partial charge in [0, 0.05) is 11.4 Å². The zero-order valence-electron chi connectivity index (χ0n) is 12.4. The highest BCUT2D eigenvalue weighted by Gasteiger charge is 2.24. The van der Waals surface area contributed by atoms with Gasteiger partial charge in [-0.25, -0.2) is 26.9 Å². The topological polar surface area (TPSA) is 72.2 Å². The van der Waals surface area contributed by atoms with E-state index in [1.807, 2.05) is 0 Å². The molecule has 1 N–H and O–H groups in total. The van der Waals surface area contributed by atoms with E-state index in [0.717, 1.165) is 18.2 Å². The average molecular weight is 370 g/mol. The molecule has 2 aromatic heterocycles. The maximum absolute atomic E-state index is 13.7. The van der Waals surface area contributed by atoms with Gasteiger partial charge in [-0.15, -0.1) is 11.3 Å². The van der Waals surface area contributed by atoms with Gasteiger partial charge in [-0.2, -0.15) is 0 Å². The Labute approximate surface area is 141 Å². The van der Waals surface area contributed by atoms with E-state index in [2.05, 4.69) is 9.71 Å². The Bertz CT molecular complexity index is 947. The van der Waals surface area contributed by atoms with E-state index in [4.69, 9.17) is 4.42 Å². The highest BCUT2D eigenvalue weighted by atomic mass is 32.2. The normalized spacial score (nSPS) is 11.8. The van der Waals surface area contributed by atoms with Crippen molar-refractivity contribution in [3.63, 3.8) is 0 Å². The van der Waals surface area contributed by atoms with Crippen LogP contribution in [0.1, 0.15) is 10.6 Å². The van der Waals surface area contributed by atoms with Crippen molar-refractivity contribution in [2.45, 2.75) is 18.4 Å². The van der Waals surface area contributed by atoms with Gasteiger partial charge in [0.2, 0.25) is 10.0 Å². The summed E-state index contributed by atoms with van der Waals surface area (Å²) in [4.78, 5) is 3.94. The molecule has 3 rings (SSSR count). The van der Waals surface area contributed by atoms with Crippen molar-refractivity contribution in [2.75, 3.05) is 0 Å². The summed E-state index contributed by atoms with van der Waals surface area (Å²) in [7, 11) is -4.33. The fourth-order valence-corrected chi connectivity index (χ4v) is 4.26. The number of benzene rings is 1. The van der Waals surface area contributed by atoms with Gasteiger partial charge in [0.1, 0.15) is 11.6 Å². The number of rotatable bonds is 5. The predicted octanol–water partition coefficient (Wildman–Crippen LogP) is 3.47. The molecule has 3 aromatic rings. The molecule has 0 fully saturated rings. The van der Waals surface area contributed by atoms with Crippen molar-refractivity contribution in [1.29, 1.82) is 0 Å². The smallest absolute Gasteiger partial charge is 0.246 e. The Hall–Kier alpha value is -2.10. The molecular weight excluding hydrogens is 358 g/mol. The number of hydrogen-bond donors (Lipinski definition) is 1. The van der Waals surface area contributed by atoms with Crippen LogP contribution >= 0.6 is 11.3 Å². The summed E-state index contributed by atoms with van der Waals surface area (Å²) in [5.41, 5.74) is 0.614. The minimum atomic E-state index is -4.33. The standard InChI is InChI=1S/C15H12F2N2O3S2/c1-9-13(23-15(19-9)12-6-3-7-22-12)8-18-24(20,21)14-10(16)4-2-5-11(14)17/h2-7,18H,8H2,1H3. The van der Waals surface area contributed by atoms with E-state index in [-0.39, 0.29) is 6.54 Å². The van der Waals surface area contributed by atoms with Crippen LogP contribution in [0.25, 0.3) is 10.8 Å². The molecule has 24 heavy (non-hydrogen) atoms. The monoisotopic (exact) mass is 370 g/mol. The number of aromatic nitrogens is 1. The molecule has 9 heteroatoms. The Balaban J connectivity index is 1.83. The number of aryl methyl sites for hydroxylation is 1. The van der Waals surface area contributed by atoms with Gasteiger partial charge >= 0.3 is 0 Å². The molecular formula is C15H12F2N2O3S2. The lowest BCUT2D eigenvalue weighted by Crippen LogP contribution is -2.25. The largest absolute Gasteiger partial charge is 0.462 e. The molecule has 0 bridgehead atoms. The molecule has 5 nitrogen and oxygen atoms in total. The van der Waals surface area contributed by atoms with Crippen LogP contribution in [-0.4, -0.2) is 13.4 Å². The molecule has 0 aliphatic rings. The lowest BCUT2D eigenvalue weighted by Gasteiger charge is -2.07. The number of nitrogens with zero attached hydrogens (tertiary/aromatic N) is 1. The lowest BCUT2D eigenvalue weighted by molar-refractivity contribution is 0.514. The number of furan rings is 1. The summed E-state index contributed by atoms with van der Waals surface area (Å²) >= 11 is 1.24. The minimum Gasteiger partial charge on any atom is -0.462 e. The van der Waals surface area contributed by atoms with Crippen LogP contribution in [0.5, 0.6) is 0 Å². The summed E-state index contributed by atoms with van der Waals surface area (Å²) in [6, 6.07) is 6.35. The molecule has 0 aliphatic carbocycles. The molecule has 0 spiro atoms. The third-order valence-electron chi connectivity index (χ3n) is 3.24. The summed E-state index contributed by atoms with van der Waals surface area (Å²) < 4.78 is 59.1. The van der Waals surface area contributed by atoms with Crippen LogP contribution in [0.4, 0.5) is 8.78 Å². The maximum Gasteiger partial charge on any atom is 0.246 e. The molecule has 0 saturated carbocycles. The second-order valence-electron chi connectivity index (χ2n) is 4.88. The van der Waals surface area contributed by atoms with Crippen LogP contribution in [0.3, 0.4) is 0 Å². The Morgan fingerprint density at radius 1 is 1.21 bits per heavy atom. The molecule has 0 atom stereocenters. The molecule has 2 heterocycles. The summed E-state index contributed by atoms with van der Waals surface area (Å²) in [6.07, 6.45) is 1.51. The van der Waals surface area contributed by atoms with Gasteiger partial charge in [0.25, 0.3) is 0 Å². The first-order valence-electron chi connectivity index (χ1n) is 6.82. The zero-order valence-corrected chi connectivity index (χ0v) is 14.0. The number of halogens is 2.